The number of nitrogens with zero attached hydrogens (tertiary/aromatic N) is 1. The summed E-state index contributed by atoms with van der Waals surface area (Å²) in [5.41, 5.74) is 8.10. The number of likely N-dealkylation sites (N-methyl/N-ethyl adjacent to an activating group) is 1. The molecule has 110 valence electrons. The molecule has 0 fully saturated rings. The van der Waals surface area contributed by atoms with E-state index in [9.17, 15) is 4.79 Å². The standard InChI is InChI=1S/C17H20N2O2/c1-3-19(15-12-8-7-11-14(15)18)17(20)16(21-2)13-9-5-4-6-10-13/h4-12,16H,3,18H2,1-2H3. The summed E-state index contributed by atoms with van der Waals surface area (Å²) in [6.45, 7) is 2.45. The maximum absolute atomic E-state index is 12.8. The lowest BCUT2D eigenvalue weighted by Crippen LogP contribution is -2.36. The Morgan fingerprint density at radius 3 is 2.33 bits per heavy atom. The minimum atomic E-state index is -0.634. The van der Waals surface area contributed by atoms with Crippen LogP contribution in [0.2, 0.25) is 0 Å². The molecule has 4 nitrogen and oxygen atoms in total. The van der Waals surface area contributed by atoms with E-state index >= 15 is 0 Å². The van der Waals surface area contributed by atoms with Crippen molar-refractivity contribution >= 4 is 17.3 Å². The van der Waals surface area contributed by atoms with Crippen molar-refractivity contribution in [1.29, 1.82) is 0 Å². The Labute approximate surface area is 125 Å². The predicted molar refractivity (Wildman–Crippen MR) is 85.1 cm³/mol. The Kier molecular flexibility index (Phi) is 4.95. The van der Waals surface area contributed by atoms with E-state index in [0.717, 1.165) is 5.56 Å². The number of para-hydroxylation sites is 2. The van der Waals surface area contributed by atoms with Gasteiger partial charge in [-0.15, -0.1) is 0 Å². The average Bonchev–Trinajstić information content (AvgIpc) is 2.52. The van der Waals surface area contributed by atoms with Crippen LogP contribution in [0.3, 0.4) is 0 Å². The number of ether oxygens (including phenoxy) is 1. The van der Waals surface area contributed by atoms with Gasteiger partial charge in [0.15, 0.2) is 6.10 Å². The highest BCUT2D eigenvalue weighted by Crippen LogP contribution is 2.27. The second kappa shape index (κ2) is 6.90. The maximum Gasteiger partial charge on any atom is 0.260 e. The summed E-state index contributed by atoms with van der Waals surface area (Å²) in [6, 6.07) is 16.8. The molecule has 1 atom stereocenters. The quantitative estimate of drug-likeness (QED) is 0.859. The summed E-state index contributed by atoms with van der Waals surface area (Å²) < 4.78 is 5.41. The van der Waals surface area contributed by atoms with Crippen LogP contribution in [0.15, 0.2) is 54.6 Å². The lowest BCUT2D eigenvalue weighted by molar-refractivity contribution is -0.128. The van der Waals surface area contributed by atoms with Crippen LogP contribution < -0.4 is 10.6 Å². The molecule has 21 heavy (non-hydrogen) atoms. The second-order valence-electron chi connectivity index (χ2n) is 4.67. The predicted octanol–water partition coefficient (Wildman–Crippen LogP) is 3.01. The molecule has 0 heterocycles. The van der Waals surface area contributed by atoms with Gasteiger partial charge in [0.05, 0.1) is 11.4 Å². The molecule has 0 spiro atoms. The number of hydrogen-bond acceptors (Lipinski definition) is 3. The highest BCUT2D eigenvalue weighted by atomic mass is 16.5. The Bertz CT molecular complexity index is 599. The van der Waals surface area contributed by atoms with Gasteiger partial charge in [-0.05, 0) is 24.6 Å². The van der Waals surface area contributed by atoms with Crippen molar-refractivity contribution in [2.75, 3.05) is 24.3 Å². The molecule has 0 bridgehead atoms. The topological polar surface area (TPSA) is 55.6 Å². The van der Waals surface area contributed by atoms with Crippen LogP contribution in [-0.4, -0.2) is 19.6 Å². The van der Waals surface area contributed by atoms with Gasteiger partial charge in [0.2, 0.25) is 0 Å². The van der Waals surface area contributed by atoms with Crippen molar-refractivity contribution in [1.82, 2.24) is 0 Å². The van der Waals surface area contributed by atoms with E-state index < -0.39 is 6.10 Å². The van der Waals surface area contributed by atoms with Crippen molar-refractivity contribution in [2.45, 2.75) is 13.0 Å². The Morgan fingerprint density at radius 2 is 1.76 bits per heavy atom. The fraction of sp³-hybridized carbons (Fsp3) is 0.235. The smallest absolute Gasteiger partial charge is 0.260 e. The molecular formula is C17H20N2O2. The molecule has 0 aliphatic heterocycles. The largest absolute Gasteiger partial charge is 0.397 e. The zero-order valence-electron chi connectivity index (χ0n) is 12.3. The van der Waals surface area contributed by atoms with E-state index in [1.165, 1.54) is 7.11 Å². The van der Waals surface area contributed by atoms with E-state index in [1.54, 1.807) is 11.0 Å². The Morgan fingerprint density at radius 1 is 1.14 bits per heavy atom. The molecule has 0 saturated carbocycles. The van der Waals surface area contributed by atoms with Crippen LogP contribution in [0.25, 0.3) is 0 Å². The van der Waals surface area contributed by atoms with Crippen LogP contribution in [0, 0.1) is 0 Å². The molecule has 0 aromatic heterocycles. The first-order valence-corrected chi connectivity index (χ1v) is 6.92. The van der Waals surface area contributed by atoms with E-state index in [0.29, 0.717) is 17.9 Å². The summed E-state index contributed by atoms with van der Waals surface area (Å²) in [6.07, 6.45) is -0.634. The Balaban J connectivity index is 2.33. The van der Waals surface area contributed by atoms with Crippen molar-refractivity contribution in [3.05, 3.63) is 60.2 Å². The van der Waals surface area contributed by atoms with Crippen molar-refractivity contribution in [2.24, 2.45) is 0 Å². The van der Waals surface area contributed by atoms with E-state index in [4.69, 9.17) is 10.5 Å². The molecule has 2 N–H and O–H groups in total. The number of carbonyl (C=O) groups is 1. The minimum Gasteiger partial charge on any atom is -0.397 e. The number of amides is 1. The maximum atomic E-state index is 12.8. The molecule has 2 aromatic rings. The molecule has 2 aromatic carbocycles. The molecule has 0 radical (unpaired) electrons. The molecule has 0 aliphatic rings. The summed E-state index contributed by atoms with van der Waals surface area (Å²) in [5, 5.41) is 0. The van der Waals surface area contributed by atoms with Gasteiger partial charge < -0.3 is 15.4 Å². The van der Waals surface area contributed by atoms with Crippen LogP contribution >= 0.6 is 0 Å². The first-order chi connectivity index (χ1) is 10.2. The van der Waals surface area contributed by atoms with Gasteiger partial charge in [-0.3, -0.25) is 4.79 Å². The van der Waals surface area contributed by atoms with Crippen molar-refractivity contribution < 1.29 is 9.53 Å². The normalized spacial score (nSPS) is 11.9. The molecule has 4 heteroatoms. The highest BCUT2D eigenvalue weighted by Gasteiger charge is 2.26. The first kappa shape index (κ1) is 15.1. The second-order valence-corrected chi connectivity index (χ2v) is 4.67. The number of carbonyl (C=O) groups excluding carboxylic acids is 1. The van der Waals surface area contributed by atoms with Crippen LogP contribution in [0.5, 0.6) is 0 Å². The molecular weight excluding hydrogens is 264 g/mol. The number of anilines is 2. The minimum absolute atomic E-state index is 0.121. The average molecular weight is 284 g/mol. The monoisotopic (exact) mass is 284 g/mol. The third-order valence-corrected chi connectivity index (χ3v) is 3.37. The lowest BCUT2D eigenvalue weighted by atomic mass is 10.1. The summed E-state index contributed by atoms with van der Waals surface area (Å²) in [5.74, 6) is -0.121. The van der Waals surface area contributed by atoms with Gasteiger partial charge in [-0.25, -0.2) is 0 Å². The zero-order valence-corrected chi connectivity index (χ0v) is 12.3. The van der Waals surface area contributed by atoms with Gasteiger partial charge in [-0.1, -0.05) is 42.5 Å². The number of hydrogen-bond donors (Lipinski definition) is 1. The van der Waals surface area contributed by atoms with Crippen LogP contribution in [0.1, 0.15) is 18.6 Å². The third kappa shape index (κ3) is 3.23. The van der Waals surface area contributed by atoms with Crippen LogP contribution in [-0.2, 0) is 9.53 Å². The highest BCUT2D eigenvalue weighted by molar-refractivity contribution is 5.99. The summed E-state index contributed by atoms with van der Waals surface area (Å²) >= 11 is 0. The number of benzene rings is 2. The van der Waals surface area contributed by atoms with Crippen molar-refractivity contribution in [3.63, 3.8) is 0 Å². The molecule has 0 aliphatic carbocycles. The fourth-order valence-corrected chi connectivity index (χ4v) is 2.33. The van der Waals surface area contributed by atoms with E-state index in [-0.39, 0.29) is 5.91 Å². The van der Waals surface area contributed by atoms with Gasteiger partial charge in [0.25, 0.3) is 5.91 Å². The first-order valence-electron chi connectivity index (χ1n) is 6.92. The Hall–Kier alpha value is -2.33. The molecule has 0 saturated heterocycles. The van der Waals surface area contributed by atoms with E-state index in [1.807, 2.05) is 55.5 Å². The van der Waals surface area contributed by atoms with Crippen molar-refractivity contribution in [3.8, 4) is 0 Å². The van der Waals surface area contributed by atoms with Gasteiger partial charge >= 0.3 is 0 Å². The molecule has 2 rings (SSSR count). The summed E-state index contributed by atoms with van der Waals surface area (Å²) in [7, 11) is 1.54. The summed E-state index contributed by atoms with van der Waals surface area (Å²) in [4.78, 5) is 14.5. The SMILES string of the molecule is CCN(C(=O)C(OC)c1ccccc1)c1ccccc1N. The molecule has 1 unspecified atom stereocenters. The number of methoxy groups -OCH3 is 1. The van der Waals surface area contributed by atoms with Crippen LogP contribution in [0.4, 0.5) is 11.4 Å². The molecule has 1 amide bonds. The van der Waals surface area contributed by atoms with Gasteiger partial charge in [0, 0.05) is 13.7 Å². The van der Waals surface area contributed by atoms with Gasteiger partial charge in [0.1, 0.15) is 0 Å². The number of nitrogens with two attached hydrogens (primary N) is 1. The fourth-order valence-electron chi connectivity index (χ4n) is 2.33. The lowest BCUT2D eigenvalue weighted by Gasteiger charge is -2.26. The number of nitrogen functional groups attached to an aromatic ring is 1. The van der Waals surface area contributed by atoms with E-state index in [2.05, 4.69) is 0 Å². The third-order valence-electron chi connectivity index (χ3n) is 3.37. The number of rotatable bonds is 5. The zero-order chi connectivity index (χ0) is 15.2. The van der Waals surface area contributed by atoms with Gasteiger partial charge in [-0.2, -0.15) is 0 Å².